The van der Waals surface area contributed by atoms with Crippen molar-refractivity contribution < 1.29 is 5.76 Å². The van der Waals surface area contributed by atoms with Gasteiger partial charge in [0.1, 0.15) is 17.6 Å². The molecule has 4 fully saturated rings. The Bertz CT molecular complexity index is 1620. The number of nitriles is 1. The Balaban J connectivity index is 1.31. The highest BCUT2D eigenvalue weighted by atomic mass is 35.5. The fraction of sp³-hybridized carbons (Fsp3) is 0.400. The number of nitrogens with one attached hydrogen (secondary N) is 2. The molecule has 4 saturated carbocycles. The van der Waals surface area contributed by atoms with E-state index in [0.717, 1.165) is 36.3 Å². The van der Waals surface area contributed by atoms with E-state index in [-0.39, 0.29) is 5.82 Å². The number of hydrogen-bond donors (Lipinski definition) is 2. The van der Waals surface area contributed by atoms with E-state index in [2.05, 4.69) is 32.0 Å². The number of fused-ring (bicyclic) bond motifs is 4. The van der Waals surface area contributed by atoms with Crippen LogP contribution in [-0.4, -0.2) is 26.0 Å². The highest BCUT2D eigenvalue weighted by Gasteiger charge is 2.36. The lowest BCUT2D eigenvalue weighted by atomic mass is 9.68. The van der Waals surface area contributed by atoms with Gasteiger partial charge in [-0.15, -0.1) is 5.10 Å². The van der Waals surface area contributed by atoms with Gasteiger partial charge in [-0.25, -0.2) is 9.07 Å². The summed E-state index contributed by atoms with van der Waals surface area (Å²) in [5.74, 6) is 0.930. The highest BCUT2D eigenvalue weighted by molar-refractivity contribution is 6.35. The predicted octanol–water partition coefficient (Wildman–Crippen LogP) is 7.02. The molecular formula is C30H29ClFN7. The van der Waals surface area contributed by atoms with Crippen LogP contribution < -0.4 is 10.6 Å². The number of nitrogens with zero attached hydrogens (tertiary/aromatic N) is 5. The summed E-state index contributed by atoms with van der Waals surface area (Å²) in [5.41, 5.74) is 3.24. The monoisotopic (exact) mass is 542 g/mol. The molecule has 8 rings (SSSR count). The van der Waals surface area contributed by atoms with Crippen molar-refractivity contribution in [1.82, 2.24) is 20.0 Å². The number of halogens is 2. The standard InChI is InChI=1S/C30H29ClFN7/c31-25-13-22(35-29(19-5-7-21(32)8-6-19)27-16-39(38-37-27)23-9-10-23)12-24-28(20(14-33)15-34-30(24)25)36-26-11-17-1-3-18(26)4-2-17/h5-8,12-13,15-18,23,26,29,35H,1-4,9-11H2,(H,34,36)/t17-,18-,26?,29-/m0/s1/i29D. The number of hydrogen-bond acceptors (Lipinski definition) is 6. The molecule has 7 nitrogen and oxygen atoms in total. The molecule has 2 aromatic carbocycles. The summed E-state index contributed by atoms with van der Waals surface area (Å²) in [6.45, 7) is 0. The van der Waals surface area contributed by atoms with Gasteiger partial charge in [-0.3, -0.25) is 4.98 Å². The lowest BCUT2D eigenvalue weighted by Crippen LogP contribution is -2.40. The van der Waals surface area contributed by atoms with Crippen LogP contribution in [0, 0.1) is 29.0 Å². The molecule has 0 saturated heterocycles. The van der Waals surface area contributed by atoms with E-state index in [1.807, 2.05) is 6.07 Å². The largest absolute Gasteiger partial charge is 0.380 e. The van der Waals surface area contributed by atoms with Crippen LogP contribution in [0.3, 0.4) is 0 Å². The van der Waals surface area contributed by atoms with E-state index in [9.17, 15) is 11.0 Å². The van der Waals surface area contributed by atoms with E-state index < -0.39 is 6.02 Å². The van der Waals surface area contributed by atoms with Crippen LogP contribution in [0.2, 0.25) is 5.02 Å². The van der Waals surface area contributed by atoms with Crippen LogP contribution in [0.1, 0.15) is 75.2 Å². The number of pyridine rings is 1. The summed E-state index contributed by atoms with van der Waals surface area (Å²) >= 11 is 6.77. The van der Waals surface area contributed by atoms with Gasteiger partial charge in [0.25, 0.3) is 0 Å². The molecule has 2 aromatic heterocycles. The van der Waals surface area contributed by atoms with E-state index in [4.69, 9.17) is 11.6 Å². The number of rotatable bonds is 7. The summed E-state index contributed by atoms with van der Waals surface area (Å²) in [4.78, 5) is 4.51. The van der Waals surface area contributed by atoms with Gasteiger partial charge >= 0.3 is 0 Å². The van der Waals surface area contributed by atoms with Crippen molar-refractivity contribution in [2.75, 3.05) is 10.6 Å². The van der Waals surface area contributed by atoms with Crippen LogP contribution >= 0.6 is 11.6 Å². The van der Waals surface area contributed by atoms with E-state index in [1.54, 1.807) is 35.3 Å². The molecule has 0 radical (unpaired) electrons. The molecule has 4 aliphatic rings. The second-order valence-corrected chi connectivity index (χ2v) is 11.5. The molecule has 0 spiro atoms. The summed E-state index contributed by atoms with van der Waals surface area (Å²) in [5, 5.41) is 26.7. The van der Waals surface area contributed by atoms with Crippen molar-refractivity contribution in [2.24, 2.45) is 11.8 Å². The lowest BCUT2D eigenvalue weighted by Gasteiger charge is -2.43. The Morgan fingerprint density at radius 1 is 1.13 bits per heavy atom. The maximum Gasteiger partial charge on any atom is 0.123 e. The van der Waals surface area contributed by atoms with Crippen LogP contribution in [0.4, 0.5) is 15.8 Å². The fourth-order valence-corrected chi connectivity index (χ4v) is 6.53. The van der Waals surface area contributed by atoms with Gasteiger partial charge in [-0.1, -0.05) is 41.8 Å². The van der Waals surface area contributed by atoms with Crippen LogP contribution in [0.15, 0.2) is 48.8 Å². The normalized spacial score (nSPS) is 24.1. The first-order chi connectivity index (χ1) is 19.4. The molecule has 2 bridgehead atoms. The maximum atomic E-state index is 13.8. The first-order valence-electron chi connectivity index (χ1n) is 14.2. The van der Waals surface area contributed by atoms with Crippen molar-refractivity contribution >= 4 is 33.9 Å². The minimum Gasteiger partial charge on any atom is -0.380 e. The van der Waals surface area contributed by atoms with Crippen molar-refractivity contribution in [2.45, 2.75) is 63.0 Å². The quantitative estimate of drug-likeness (QED) is 0.261. The summed E-state index contributed by atoms with van der Waals surface area (Å²) in [6.07, 6.45) is 11.5. The van der Waals surface area contributed by atoms with Crippen LogP contribution in [0.25, 0.3) is 10.9 Å². The Labute approximate surface area is 232 Å². The average molecular weight is 543 g/mol. The fourth-order valence-electron chi connectivity index (χ4n) is 6.27. The van der Waals surface area contributed by atoms with Gasteiger partial charge in [-0.2, -0.15) is 5.26 Å². The summed E-state index contributed by atoms with van der Waals surface area (Å²) in [6, 6.07) is 10.8. The van der Waals surface area contributed by atoms with Gasteiger partial charge in [-0.05, 0) is 73.8 Å². The predicted molar refractivity (Wildman–Crippen MR) is 149 cm³/mol. The third-order valence-corrected chi connectivity index (χ3v) is 8.80. The summed E-state index contributed by atoms with van der Waals surface area (Å²) < 4.78 is 25.2. The van der Waals surface area contributed by atoms with E-state index in [1.165, 1.54) is 37.8 Å². The third-order valence-electron chi connectivity index (χ3n) is 8.51. The molecule has 198 valence electrons. The van der Waals surface area contributed by atoms with Gasteiger partial charge < -0.3 is 10.6 Å². The van der Waals surface area contributed by atoms with E-state index in [0.29, 0.717) is 51.0 Å². The minimum absolute atomic E-state index is 0.299. The molecule has 0 aliphatic heterocycles. The maximum absolute atomic E-state index is 13.8. The first kappa shape index (κ1) is 23.2. The Morgan fingerprint density at radius 2 is 1.92 bits per heavy atom. The smallest absolute Gasteiger partial charge is 0.123 e. The molecule has 2 heterocycles. The molecule has 0 amide bonds. The third kappa shape index (κ3) is 4.70. The molecule has 4 aliphatic carbocycles. The van der Waals surface area contributed by atoms with E-state index >= 15 is 0 Å². The second-order valence-electron chi connectivity index (χ2n) is 11.1. The highest BCUT2D eigenvalue weighted by Crippen LogP contribution is 2.44. The zero-order valence-electron chi connectivity index (χ0n) is 22.4. The molecular weight excluding hydrogens is 513 g/mol. The van der Waals surface area contributed by atoms with Crippen molar-refractivity contribution in [3.8, 4) is 6.07 Å². The topological polar surface area (TPSA) is 91.5 Å². The molecule has 9 heteroatoms. The Kier molecular flexibility index (Phi) is 5.83. The van der Waals surface area contributed by atoms with Crippen molar-refractivity contribution in [1.29, 1.82) is 5.26 Å². The average Bonchev–Trinajstić information content (AvgIpc) is 3.70. The number of benzene rings is 2. The second kappa shape index (κ2) is 9.80. The molecule has 1 unspecified atom stereocenters. The minimum atomic E-state index is -1.58. The van der Waals surface area contributed by atoms with Crippen molar-refractivity contribution in [3.05, 3.63) is 76.5 Å². The molecule has 2 atom stereocenters. The molecule has 4 aromatic rings. The Morgan fingerprint density at radius 3 is 2.62 bits per heavy atom. The van der Waals surface area contributed by atoms with Crippen LogP contribution in [-0.2, 0) is 0 Å². The van der Waals surface area contributed by atoms with Gasteiger partial charge in [0.15, 0.2) is 0 Å². The number of aromatic nitrogens is 4. The van der Waals surface area contributed by atoms with Crippen LogP contribution in [0.5, 0.6) is 0 Å². The number of anilines is 2. The zero-order valence-corrected chi connectivity index (χ0v) is 22.1. The van der Waals surface area contributed by atoms with Gasteiger partial charge in [0.05, 0.1) is 41.4 Å². The first-order valence-corrected chi connectivity index (χ1v) is 14.0. The molecule has 39 heavy (non-hydrogen) atoms. The van der Waals surface area contributed by atoms with Crippen molar-refractivity contribution in [3.63, 3.8) is 0 Å². The lowest BCUT2D eigenvalue weighted by molar-refractivity contribution is 0.158. The SMILES string of the molecule is [2H][C@](Nc1cc(Cl)c2ncc(C#N)c(NC3C[C@H]4CC[C@H]3CC4)c2c1)(c1ccc(F)cc1)c1cn(C2CC2)nn1. The molecule has 2 N–H and O–H groups in total. The summed E-state index contributed by atoms with van der Waals surface area (Å²) in [7, 11) is 0. The Hall–Kier alpha value is -3.70. The zero-order chi connectivity index (χ0) is 27.4. The van der Waals surface area contributed by atoms with Gasteiger partial charge in [0, 0.05) is 23.3 Å². The van der Waals surface area contributed by atoms with Gasteiger partial charge in [0.2, 0.25) is 0 Å².